The third kappa shape index (κ3) is 3.79. The van der Waals surface area contributed by atoms with Crippen LogP contribution in [0.1, 0.15) is 21.5 Å². The zero-order valence-corrected chi connectivity index (χ0v) is 11.6. The number of nitrogens with two attached hydrogens (primary N) is 2. The number of carbonyl (C=O) groups excluding carboxylic acids is 3. The molecule has 7 nitrogen and oxygen atoms in total. The van der Waals surface area contributed by atoms with Gasteiger partial charge in [0.2, 0.25) is 11.8 Å². The van der Waals surface area contributed by atoms with Gasteiger partial charge in [-0.2, -0.15) is 0 Å². The lowest BCUT2D eigenvalue weighted by atomic mass is 9.98. The van der Waals surface area contributed by atoms with Crippen LogP contribution in [0.4, 0.5) is 0 Å². The minimum absolute atomic E-state index is 0.336. The lowest BCUT2D eigenvalue weighted by Crippen LogP contribution is -2.43. The summed E-state index contributed by atoms with van der Waals surface area (Å²) < 4.78 is 0. The van der Waals surface area contributed by atoms with E-state index in [0.29, 0.717) is 12.1 Å². The number of hydrogen-bond acceptors (Lipinski definition) is 4. The maximum atomic E-state index is 12.4. The molecule has 1 heterocycles. The van der Waals surface area contributed by atoms with E-state index in [9.17, 15) is 14.4 Å². The number of nitrogens with zero attached hydrogens (tertiary/aromatic N) is 1. The van der Waals surface area contributed by atoms with Crippen molar-refractivity contribution in [1.29, 1.82) is 0 Å². The molecular weight excluding hydrogens is 272 g/mol. The first-order valence-corrected chi connectivity index (χ1v) is 6.66. The van der Waals surface area contributed by atoms with Crippen molar-refractivity contribution in [2.24, 2.45) is 11.5 Å². The molecule has 0 fully saturated rings. The third-order valence-electron chi connectivity index (χ3n) is 3.32. The molecule has 0 radical (unpaired) electrons. The number of rotatable bonds is 5. The van der Waals surface area contributed by atoms with Crippen LogP contribution in [-0.2, 0) is 22.6 Å². The van der Waals surface area contributed by atoms with Gasteiger partial charge in [0.1, 0.15) is 13.1 Å². The first-order valence-electron chi connectivity index (χ1n) is 6.66. The molecule has 7 heteroatoms. The minimum atomic E-state index is -0.691. The van der Waals surface area contributed by atoms with Gasteiger partial charge in [-0.05, 0) is 36.2 Å². The molecule has 1 aliphatic heterocycles. The van der Waals surface area contributed by atoms with Gasteiger partial charge in [0.25, 0.3) is 5.91 Å². The van der Waals surface area contributed by atoms with Gasteiger partial charge in [-0.1, -0.05) is 6.07 Å². The van der Waals surface area contributed by atoms with Crippen LogP contribution < -0.4 is 16.8 Å². The normalized spacial score (nSPS) is 13.3. The predicted octanol–water partition coefficient (Wildman–Crippen LogP) is -1.25. The molecule has 1 aliphatic rings. The van der Waals surface area contributed by atoms with Crippen LogP contribution in [0.5, 0.6) is 0 Å². The molecule has 112 valence electrons. The molecule has 2 rings (SSSR count). The van der Waals surface area contributed by atoms with Crippen molar-refractivity contribution >= 4 is 17.7 Å². The summed E-state index contributed by atoms with van der Waals surface area (Å²) in [5, 5.41) is 3.23. The second-order valence-corrected chi connectivity index (χ2v) is 5.00. The van der Waals surface area contributed by atoms with Gasteiger partial charge in [0.05, 0.1) is 0 Å². The van der Waals surface area contributed by atoms with Crippen molar-refractivity contribution in [3.63, 3.8) is 0 Å². The number of nitrogens with one attached hydrogen (secondary N) is 1. The van der Waals surface area contributed by atoms with Crippen molar-refractivity contribution < 1.29 is 14.4 Å². The van der Waals surface area contributed by atoms with E-state index in [1.54, 1.807) is 12.1 Å². The van der Waals surface area contributed by atoms with E-state index in [1.807, 2.05) is 6.07 Å². The van der Waals surface area contributed by atoms with E-state index in [-0.39, 0.29) is 13.1 Å². The third-order valence-corrected chi connectivity index (χ3v) is 3.32. The maximum Gasteiger partial charge on any atom is 0.254 e. The number of benzene rings is 1. The fourth-order valence-electron chi connectivity index (χ4n) is 2.37. The second kappa shape index (κ2) is 6.36. The quantitative estimate of drug-likeness (QED) is 0.627. The minimum Gasteiger partial charge on any atom is -0.368 e. The summed E-state index contributed by atoms with van der Waals surface area (Å²) in [5.74, 6) is -1.81. The molecule has 1 aromatic rings. The number of fused-ring (bicyclic) bond motifs is 1. The Kier molecular flexibility index (Phi) is 4.54. The average Bonchev–Trinajstić information content (AvgIpc) is 2.44. The molecule has 0 atom stereocenters. The van der Waals surface area contributed by atoms with Crippen molar-refractivity contribution in [2.45, 2.75) is 13.0 Å². The van der Waals surface area contributed by atoms with E-state index < -0.39 is 17.7 Å². The van der Waals surface area contributed by atoms with Crippen LogP contribution in [0.15, 0.2) is 18.2 Å². The standard InChI is InChI=1S/C14H18N4O3/c15-12(19)7-18(8-13(16)20)14(21)10-2-1-9-3-4-17-6-11(9)5-10/h1-2,5,17H,3-4,6-8H2,(H2,15,19)(H2,16,20). The zero-order chi connectivity index (χ0) is 15.4. The van der Waals surface area contributed by atoms with E-state index in [2.05, 4.69) is 5.32 Å². The van der Waals surface area contributed by atoms with Crippen LogP contribution in [0.2, 0.25) is 0 Å². The Hall–Kier alpha value is -2.41. The molecule has 0 saturated carbocycles. The zero-order valence-electron chi connectivity index (χ0n) is 11.6. The molecule has 0 aromatic heterocycles. The van der Waals surface area contributed by atoms with Gasteiger partial charge in [-0.25, -0.2) is 0 Å². The van der Waals surface area contributed by atoms with Crippen LogP contribution in [0.3, 0.4) is 0 Å². The summed E-state index contributed by atoms with van der Waals surface area (Å²) in [6.07, 6.45) is 0.913. The van der Waals surface area contributed by atoms with Crippen LogP contribution >= 0.6 is 0 Å². The molecule has 5 N–H and O–H groups in total. The SMILES string of the molecule is NC(=O)CN(CC(N)=O)C(=O)c1ccc2c(c1)CNCC2. The Morgan fingerprint density at radius 2 is 1.76 bits per heavy atom. The molecular formula is C14H18N4O3. The molecule has 3 amide bonds. The fourth-order valence-corrected chi connectivity index (χ4v) is 2.37. The largest absolute Gasteiger partial charge is 0.368 e. The summed E-state index contributed by atoms with van der Waals surface area (Å²) in [6, 6.07) is 5.37. The fraction of sp³-hybridized carbons (Fsp3) is 0.357. The summed E-state index contributed by atoms with van der Waals surface area (Å²) in [5.41, 5.74) is 12.9. The summed E-state index contributed by atoms with van der Waals surface area (Å²) in [7, 11) is 0. The predicted molar refractivity (Wildman–Crippen MR) is 76.1 cm³/mol. The molecule has 0 unspecified atom stereocenters. The Balaban J connectivity index is 2.23. The monoisotopic (exact) mass is 290 g/mol. The van der Waals surface area contributed by atoms with E-state index in [1.165, 1.54) is 5.56 Å². The van der Waals surface area contributed by atoms with E-state index in [4.69, 9.17) is 11.5 Å². The first kappa shape index (κ1) is 15.0. The van der Waals surface area contributed by atoms with E-state index in [0.717, 1.165) is 23.4 Å². The van der Waals surface area contributed by atoms with Crippen molar-refractivity contribution in [3.05, 3.63) is 34.9 Å². The summed E-state index contributed by atoms with van der Waals surface area (Å²) in [4.78, 5) is 35.5. The average molecular weight is 290 g/mol. The van der Waals surface area contributed by atoms with Crippen LogP contribution in [0.25, 0.3) is 0 Å². The Labute approximate surface area is 122 Å². The highest BCUT2D eigenvalue weighted by molar-refractivity contribution is 5.98. The van der Waals surface area contributed by atoms with Gasteiger partial charge in [0, 0.05) is 12.1 Å². The molecule has 1 aromatic carbocycles. The second-order valence-electron chi connectivity index (χ2n) is 5.00. The van der Waals surface area contributed by atoms with Gasteiger partial charge in [-0.15, -0.1) is 0 Å². The van der Waals surface area contributed by atoms with Crippen LogP contribution in [-0.4, -0.2) is 42.3 Å². The van der Waals surface area contributed by atoms with Crippen LogP contribution in [0, 0.1) is 0 Å². The lowest BCUT2D eigenvalue weighted by Gasteiger charge is -2.22. The highest BCUT2D eigenvalue weighted by Crippen LogP contribution is 2.17. The topological polar surface area (TPSA) is 119 Å². The summed E-state index contributed by atoms with van der Waals surface area (Å²) >= 11 is 0. The van der Waals surface area contributed by atoms with Crippen molar-refractivity contribution in [1.82, 2.24) is 10.2 Å². The lowest BCUT2D eigenvalue weighted by molar-refractivity contribution is -0.121. The van der Waals surface area contributed by atoms with Gasteiger partial charge >= 0.3 is 0 Å². The highest BCUT2D eigenvalue weighted by Gasteiger charge is 2.21. The molecule has 0 saturated heterocycles. The number of carbonyl (C=O) groups is 3. The van der Waals surface area contributed by atoms with Crippen molar-refractivity contribution in [2.75, 3.05) is 19.6 Å². The Morgan fingerprint density at radius 3 is 2.38 bits per heavy atom. The Bertz CT molecular complexity index is 570. The number of hydrogen-bond donors (Lipinski definition) is 3. The molecule has 0 spiro atoms. The number of primary amides is 2. The van der Waals surface area contributed by atoms with E-state index >= 15 is 0 Å². The van der Waals surface area contributed by atoms with Crippen molar-refractivity contribution in [3.8, 4) is 0 Å². The number of amides is 3. The summed E-state index contributed by atoms with van der Waals surface area (Å²) in [6.45, 7) is 0.937. The smallest absolute Gasteiger partial charge is 0.254 e. The first-order chi connectivity index (χ1) is 9.97. The highest BCUT2D eigenvalue weighted by atomic mass is 16.2. The Morgan fingerprint density at radius 1 is 1.10 bits per heavy atom. The van der Waals surface area contributed by atoms with Gasteiger partial charge < -0.3 is 21.7 Å². The van der Waals surface area contributed by atoms with Gasteiger partial charge in [0.15, 0.2) is 0 Å². The molecule has 0 aliphatic carbocycles. The van der Waals surface area contributed by atoms with Gasteiger partial charge in [-0.3, -0.25) is 14.4 Å². The molecule has 0 bridgehead atoms. The maximum absolute atomic E-state index is 12.4. The molecule has 21 heavy (non-hydrogen) atoms.